The van der Waals surface area contributed by atoms with Gasteiger partial charge in [0.1, 0.15) is 0 Å². The summed E-state index contributed by atoms with van der Waals surface area (Å²) in [5, 5.41) is 28.7. The molecule has 2 bridgehead atoms. The second-order valence-electron chi connectivity index (χ2n) is 13.9. The summed E-state index contributed by atoms with van der Waals surface area (Å²) in [7, 11) is 0. The molecule has 6 atom stereocenters. The maximum Gasteiger partial charge on any atom is 0.317 e. The van der Waals surface area contributed by atoms with Crippen LogP contribution >= 0.6 is 0 Å². The Labute approximate surface area is 248 Å². The molecule has 0 radical (unpaired) electrons. The molecule has 4 unspecified atom stereocenters. The molecule has 2 amide bonds. The quantitative estimate of drug-likeness (QED) is 0.343. The number of carbonyl (C=O) groups is 1. The number of aromatic nitrogens is 1. The number of nitrogens with one attached hydrogen (secondary N) is 1. The van der Waals surface area contributed by atoms with Crippen molar-refractivity contribution < 1.29 is 15.0 Å². The van der Waals surface area contributed by atoms with Gasteiger partial charge in [-0.15, -0.1) is 0 Å². The van der Waals surface area contributed by atoms with E-state index < -0.39 is 0 Å². The molecule has 7 heteroatoms. The number of piperidine rings is 1. The fraction of sp³-hybridized carbons (Fsp3) is 0.571. The molecule has 7 nitrogen and oxygen atoms in total. The molecule has 2 aliphatic heterocycles. The first-order valence-electron chi connectivity index (χ1n) is 16.4. The molecule has 4 fully saturated rings. The van der Waals surface area contributed by atoms with Gasteiger partial charge < -0.3 is 25.3 Å². The molecule has 42 heavy (non-hydrogen) atoms. The number of hydrogen-bond acceptors (Lipinski definition) is 4. The average Bonchev–Trinajstić information content (AvgIpc) is 3.82. The number of benzene rings is 2. The van der Waals surface area contributed by atoms with Crippen molar-refractivity contribution in [3.63, 3.8) is 0 Å². The molecule has 0 spiro atoms. The molecule has 1 aromatic heterocycles. The van der Waals surface area contributed by atoms with E-state index in [1.54, 1.807) is 0 Å². The molecular formula is C35H44N4O3. The third kappa shape index (κ3) is 4.06. The lowest BCUT2D eigenvalue weighted by atomic mass is 9.82. The summed E-state index contributed by atoms with van der Waals surface area (Å²) in [5.74, 6) is 2.81. The Kier molecular flexibility index (Phi) is 6.43. The molecule has 3 aromatic rings. The number of amides is 2. The van der Waals surface area contributed by atoms with Gasteiger partial charge in [0.2, 0.25) is 0 Å². The molecule has 3 heterocycles. The number of urea groups is 1. The van der Waals surface area contributed by atoms with Crippen LogP contribution in [-0.4, -0.2) is 69.4 Å². The highest BCUT2D eigenvalue weighted by Gasteiger charge is 2.56. The fourth-order valence-electron chi connectivity index (χ4n) is 9.90. The summed E-state index contributed by atoms with van der Waals surface area (Å²) in [6, 6.07) is 15.7. The molecule has 3 aliphatic carbocycles. The fourth-order valence-corrected chi connectivity index (χ4v) is 9.90. The van der Waals surface area contributed by atoms with E-state index in [0.717, 1.165) is 50.1 Å². The molecular weight excluding hydrogens is 524 g/mol. The summed E-state index contributed by atoms with van der Waals surface area (Å²) in [4.78, 5) is 17.2. The van der Waals surface area contributed by atoms with Crippen LogP contribution in [0.4, 0.5) is 4.79 Å². The minimum atomic E-state index is 0.0130. The molecule has 2 saturated carbocycles. The van der Waals surface area contributed by atoms with Gasteiger partial charge in [-0.2, -0.15) is 0 Å². The zero-order valence-corrected chi connectivity index (χ0v) is 24.7. The Bertz CT molecular complexity index is 1500. The van der Waals surface area contributed by atoms with Gasteiger partial charge in [-0.25, -0.2) is 4.79 Å². The van der Waals surface area contributed by atoms with E-state index in [2.05, 4.69) is 59.6 Å². The second kappa shape index (κ2) is 10.2. The monoisotopic (exact) mass is 568 g/mol. The van der Waals surface area contributed by atoms with Gasteiger partial charge in [0.05, 0.1) is 0 Å². The van der Waals surface area contributed by atoms with E-state index in [-0.39, 0.29) is 41.6 Å². The minimum Gasteiger partial charge on any atom is -0.494 e. The van der Waals surface area contributed by atoms with Gasteiger partial charge >= 0.3 is 6.03 Å². The van der Waals surface area contributed by atoms with Gasteiger partial charge in [-0.1, -0.05) is 55.8 Å². The van der Waals surface area contributed by atoms with Crippen molar-refractivity contribution in [2.45, 2.75) is 75.8 Å². The Morgan fingerprint density at radius 2 is 1.57 bits per heavy atom. The van der Waals surface area contributed by atoms with E-state index in [0.29, 0.717) is 30.8 Å². The average molecular weight is 569 g/mol. The van der Waals surface area contributed by atoms with Crippen molar-refractivity contribution in [1.82, 2.24) is 19.7 Å². The third-order valence-electron chi connectivity index (χ3n) is 11.9. The first-order valence-corrected chi connectivity index (χ1v) is 16.4. The predicted molar refractivity (Wildman–Crippen MR) is 164 cm³/mol. The van der Waals surface area contributed by atoms with Crippen molar-refractivity contribution in [3.05, 3.63) is 59.2 Å². The highest BCUT2D eigenvalue weighted by atomic mass is 16.3. The van der Waals surface area contributed by atoms with Crippen LogP contribution in [0.1, 0.15) is 79.9 Å². The minimum absolute atomic E-state index is 0.0130. The summed E-state index contributed by atoms with van der Waals surface area (Å²) in [6.07, 6.45) is 6.92. The number of aromatic hydroxyl groups is 2. The first-order chi connectivity index (χ1) is 20.5. The number of hydrogen-bond donors (Lipinski definition) is 3. The Hall–Kier alpha value is -3.19. The highest BCUT2D eigenvalue weighted by molar-refractivity contribution is 5.86. The SMILES string of the molecule is CC1C2CC(c3c2c(O)n(C[C@H]2CCC[C@@H]2CN2CCC(c4cccc5ccccc45)CC2)c3O)C1N1CCNC1=O. The maximum atomic E-state index is 12.5. The van der Waals surface area contributed by atoms with E-state index in [1.807, 2.05) is 9.47 Å². The van der Waals surface area contributed by atoms with E-state index >= 15 is 0 Å². The summed E-state index contributed by atoms with van der Waals surface area (Å²) >= 11 is 0. The molecule has 8 rings (SSSR count). The summed E-state index contributed by atoms with van der Waals surface area (Å²) < 4.78 is 1.83. The maximum absolute atomic E-state index is 12.5. The lowest BCUT2D eigenvalue weighted by Gasteiger charge is -2.35. The van der Waals surface area contributed by atoms with Crippen LogP contribution in [0.2, 0.25) is 0 Å². The van der Waals surface area contributed by atoms with Gasteiger partial charge in [-0.05, 0) is 91.1 Å². The van der Waals surface area contributed by atoms with Gasteiger partial charge in [0, 0.05) is 49.3 Å². The smallest absolute Gasteiger partial charge is 0.317 e. The van der Waals surface area contributed by atoms with Crippen molar-refractivity contribution in [2.24, 2.45) is 17.8 Å². The molecule has 2 saturated heterocycles. The lowest BCUT2D eigenvalue weighted by molar-refractivity contribution is 0.158. The van der Waals surface area contributed by atoms with Crippen molar-refractivity contribution >= 4 is 16.8 Å². The molecule has 5 aliphatic rings. The van der Waals surface area contributed by atoms with E-state index in [9.17, 15) is 15.0 Å². The molecule has 2 aromatic carbocycles. The number of likely N-dealkylation sites (tertiary alicyclic amines) is 1. The molecule has 3 N–H and O–H groups in total. The lowest BCUT2D eigenvalue weighted by Crippen LogP contribution is -2.44. The van der Waals surface area contributed by atoms with E-state index in [1.165, 1.54) is 42.0 Å². The Morgan fingerprint density at radius 3 is 2.33 bits per heavy atom. The van der Waals surface area contributed by atoms with Crippen molar-refractivity contribution in [1.29, 1.82) is 0 Å². The predicted octanol–water partition coefficient (Wildman–Crippen LogP) is 5.96. The van der Waals surface area contributed by atoms with Crippen LogP contribution in [0.15, 0.2) is 42.5 Å². The Balaban J connectivity index is 0.949. The summed E-state index contributed by atoms with van der Waals surface area (Å²) in [5.41, 5.74) is 3.39. The zero-order chi connectivity index (χ0) is 28.5. The second-order valence-corrected chi connectivity index (χ2v) is 13.9. The highest BCUT2D eigenvalue weighted by Crippen LogP contribution is 2.63. The van der Waals surface area contributed by atoms with Crippen molar-refractivity contribution in [2.75, 3.05) is 32.7 Å². The van der Waals surface area contributed by atoms with Crippen LogP contribution in [0, 0.1) is 17.8 Å². The van der Waals surface area contributed by atoms with Gasteiger partial charge in [-0.3, -0.25) is 4.57 Å². The normalized spacial score (nSPS) is 31.4. The van der Waals surface area contributed by atoms with Gasteiger partial charge in [0.25, 0.3) is 0 Å². The van der Waals surface area contributed by atoms with E-state index in [4.69, 9.17) is 0 Å². The standard InChI is InChI=1S/C35H44N4O3/c1-21-28-18-29(32(21)38-17-14-36-35(38)42)31-30(28)33(40)39(34(31)41)20-25-9-4-8-24(25)19-37-15-12-23(13-16-37)27-11-5-7-22-6-2-3-10-26(22)27/h2-3,5-7,10-11,21,23-25,28-29,32,40-41H,4,8-9,12-20H2,1H3,(H,36,42)/t21?,24-,25-,28?,29?,32?/m1/s1. The number of fused-ring (bicyclic) bond motifs is 6. The molecule has 222 valence electrons. The third-order valence-corrected chi connectivity index (χ3v) is 11.9. The van der Waals surface area contributed by atoms with Crippen LogP contribution in [-0.2, 0) is 6.54 Å². The number of nitrogens with zero attached hydrogens (tertiary/aromatic N) is 3. The van der Waals surface area contributed by atoms with Gasteiger partial charge in [0.15, 0.2) is 11.8 Å². The topological polar surface area (TPSA) is 81.0 Å². The van der Waals surface area contributed by atoms with Crippen LogP contribution in [0.3, 0.4) is 0 Å². The van der Waals surface area contributed by atoms with Crippen LogP contribution in [0.25, 0.3) is 10.8 Å². The number of carbonyl (C=O) groups excluding carboxylic acids is 1. The first kappa shape index (κ1) is 26.4. The largest absolute Gasteiger partial charge is 0.494 e. The summed E-state index contributed by atoms with van der Waals surface area (Å²) in [6.45, 7) is 7.70. The number of rotatable bonds is 6. The van der Waals surface area contributed by atoms with Crippen molar-refractivity contribution in [3.8, 4) is 11.8 Å². The van der Waals surface area contributed by atoms with Crippen LogP contribution < -0.4 is 5.32 Å². The zero-order valence-electron chi connectivity index (χ0n) is 24.7. The Morgan fingerprint density at radius 1 is 0.857 bits per heavy atom. The van der Waals surface area contributed by atoms with Crippen LogP contribution in [0.5, 0.6) is 11.8 Å².